The normalized spacial score (nSPS) is 41.3. The fourth-order valence-corrected chi connectivity index (χ4v) is 5.51. The highest BCUT2D eigenvalue weighted by Gasteiger charge is 2.51. The lowest BCUT2D eigenvalue weighted by atomic mass is 9.49. The van der Waals surface area contributed by atoms with E-state index in [9.17, 15) is 4.79 Å². The Bertz CT molecular complexity index is 332. The van der Waals surface area contributed by atoms with E-state index in [0.717, 1.165) is 24.2 Å². The van der Waals surface area contributed by atoms with Crippen LogP contribution in [0, 0.1) is 23.2 Å². The lowest BCUT2D eigenvalue weighted by Gasteiger charge is -2.57. The molecule has 1 atom stereocenters. The van der Waals surface area contributed by atoms with Gasteiger partial charge in [-0.3, -0.25) is 4.79 Å². The van der Waals surface area contributed by atoms with Crippen molar-refractivity contribution in [1.29, 1.82) is 0 Å². The van der Waals surface area contributed by atoms with Gasteiger partial charge in [0.05, 0.1) is 0 Å². The van der Waals surface area contributed by atoms with Crippen molar-refractivity contribution in [2.45, 2.75) is 57.9 Å². The van der Waals surface area contributed by atoms with Gasteiger partial charge in [-0.05, 0) is 68.6 Å². The molecule has 4 fully saturated rings. The minimum absolute atomic E-state index is 0.156. The summed E-state index contributed by atoms with van der Waals surface area (Å²) in [5.41, 5.74) is 0.353. The molecule has 4 rings (SSSR count). The molecule has 4 aliphatic rings. The molecule has 3 heteroatoms. The van der Waals surface area contributed by atoms with Gasteiger partial charge in [-0.15, -0.1) is 11.6 Å². The van der Waals surface area contributed by atoms with Crippen molar-refractivity contribution < 1.29 is 4.79 Å². The molecule has 1 amide bonds. The van der Waals surface area contributed by atoms with Crippen LogP contribution in [0.25, 0.3) is 0 Å². The highest BCUT2D eigenvalue weighted by atomic mass is 35.5. The Hall–Kier alpha value is -0.240. The maximum atomic E-state index is 12.5. The predicted molar refractivity (Wildman–Crippen MR) is 78.2 cm³/mol. The van der Waals surface area contributed by atoms with E-state index < -0.39 is 0 Å². The van der Waals surface area contributed by atoms with E-state index in [2.05, 4.69) is 0 Å². The molecule has 0 N–H and O–H groups in total. The van der Waals surface area contributed by atoms with Crippen molar-refractivity contribution in [2.75, 3.05) is 12.9 Å². The van der Waals surface area contributed by atoms with Gasteiger partial charge in [-0.1, -0.05) is 0 Å². The molecule has 4 saturated carbocycles. The van der Waals surface area contributed by atoms with E-state index in [-0.39, 0.29) is 6.04 Å². The van der Waals surface area contributed by atoms with Gasteiger partial charge < -0.3 is 4.90 Å². The zero-order chi connectivity index (χ0) is 13.6. The largest absolute Gasteiger partial charge is 0.342 e. The molecule has 2 nitrogen and oxygen atoms in total. The van der Waals surface area contributed by atoms with Crippen LogP contribution in [0.15, 0.2) is 0 Å². The molecule has 0 aromatic rings. The lowest BCUT2D eigenvalue weighted by molar-refractivity contribution is -0.139. The number of alkyl halides is 1. The SMILES string of the molecule is CC(CCl)N(C)C(=O)CC12CC3CC(CC(C3)C1)C2. The van der Waals surface area contributed by atoms with Crippen molar-refractivity contribution in [3.05, 3.63) is 0 Å². The maximum absolute atomic E-state index is 12.5. The molecule has 1 unspecified atom stereocenters. The molecular formula is C16H26ClNO. The van der Waals surface area contributed by atoms with Crippen LogP contribution >= 0.6 is 11.6 Å². The molecule has 0 aliphatic heterocycles. The first-order valence-corrected chi connectivity index (χ1v) is 8.36. The molecular weight excluding hydrogens is 258 g/mol. The van der Waals surface area contributed by atoms with Gasteiger partial charge >= 0.3 is 0 Å². The summed E-state index contributed by atoms with van der Waals surface area (Å²) in [6, 6.07) is 0.156. The minimum Gasteiger partial charge on any atom is -0.342 e. The van der Waals surface area contributed by atoms with Crippen molar-refractivity contribution in [2.24, 2.45) is 23.2 Å². The van der Waals surface area contributed by atoms with Gasteiger partial charge in [-0.2, -0.15) is 0 Å². The maximum Gasteiger partial charge on any atom is 0.223 e. The third-order valence-corrected chi connectivity index (χ3v) is 6.42. The average molecular weight is 284 g/mol. The van der Waals surface area contributed by atoms with Crippen LogP contribution < -0.4 is 0 Å². The number of carbonyl (C=O) groups is 1. The van der Waals surface area contributed by atoms with E-state index in [1.807, 2.05) is 18.9 Å². The Labute approximate surface area is 121 Å². The van der Waals surface area contributed by atoms with E-state index in [1.165, 1.54) is 38.5 Å². The van der Waals surface area contributed by atoms with Crippen LogP contribution in [0.3, 0.4) is 0 Å². The summed E-state index contributed by atoms with van der Waals surface area (Å²) in [4.78, 5) is 14.4. The van der Waals surface area contributed by atoms with Crippen molar-refractivity contribution in [3.63, 3.8) is 0 Å². The highest BCUT2D eigenvalue weighted by Crippen LogP contribution is 2.61. The van der Waals surface area contributed by atoms with Crippen LogP contribution in [0.4, 0.5) is 0 Å². The molecule has 4 bridgehead atoms. The first-order chi connectivity index (χ1) is 9.01. The first-order valence-electron chi connectivity index (χ1n) is 7.83. The summed E-state index contributed by atoms with van der Waals surface area (Å²) in [5.74, 6) is 3.62. The van der Waals surface area contributed by atoms with Gasteiger partial charge in [0.2, 0.25) is 5.91 Å². The number of hydrogen-bond acceptors (Lipinski definition) is 1. The van der Waals surface area contributed by atoms with Gasteiger partial charge in [-0.25, -0.2) is 0 Å². The van der Waals surface area contributed by atoms with Gasteiger partial charge in [0.1, 0.15) is 0 Å². The number of halogens is 1. The van der Waals surface area contributed by atoms with Crippen molar-refractivity contribution >= 4 is 17.5 Å². The number of amides is 1. The van der Waals surface area contributed by atoms with Crippen molar-refractivity contribution in [3.8, 4) is 0 Å². The number of rotatable bonds is 4. The van der Waals surface area contributed by atoms with E-state index in [4.69, 9.17) is 11.6 Å². The fourth-order valence-electron chi connectivity index (χ4n) is 5.30. The van der Waals surface area contributed by atoms with E-state index in [0.29, 0.717) is 17.2 Å². The van der Waals surface area contributed by atoms with Crippen LogP contribution in [0.1, 0.15) is 51.9 Å². The van der Waals surface area contributed by atoms with Crippen LogP contribution in [0.2, 0.25) is 0 Å². The van der Waals surface area contributed by atoms with Crippen LogP contribution in [-0.2, 0) is 4.79 Å². The molecule has 0 heterocycles. The Morgan fingerprint density at radius 3 is 2.11 bits per heavy atom. The number of hydrogen-bond donors (Lipinski definition) is 0. The average Bonchev–Trinajstić information content (AvgIpc) is 2.34. The molecule has 4 aliphatic carbocycles. The smallest absolute Gasteiger partial charge is 0.223 e. The fraction of sp³-hybridized carbons (Fsp3) is 0.938. The number of nitrogens with zero attached hydrogens (tertiary/aromatic N) is 1. The lowest BCUT2D eigenvalue weighted by Crippen LogP contribution is -2.49. The summed E-state index contributed by atoms with van der Waals surface area (Å²) < 4.78 is 0. The topological polar surface area (TPSA) is 20.3 Å². The first kappa shape index (κ1) is 13.7. The van der Waals surface area contributed by atoms with Crippen LogP contribution in [0.5, 0.6) is 0 Å². The predicted octanol–water partition coefficient (Wildman–Crippen LogP) is 3.68. The Kier molecular flexibility index (Phi) is 3.57. The summed E-state index contributed by atoms with van der Waals surface area (Å²) >= 11 is 5.87. The van der Waals surface area contributed by atoms with Gasteiger partial charge in [0, 0.05) is 25.4 Å². The second kappa shape index (κ2) is 4.95. The zero-order valence-corrected chi connectivity index (χ0v) is 13.0. The molecule has 0 radical (unpaired) electrons. The molecule has 0 aromatic heterocycles. The molecule has 19 heavy (non-hydrogen) atoms. The zero-order valence-electron chi connectivity index (χ0n) is 12.2. The number of carbonyl (C=O) groups excluding carboxylic acids is 1. The molecule has 0 aromatic carbocycles. The monoisotopic (exact) mass is 283 g/mol. The molecule has 0 spiro atoms. The minimum atomic E-state index is 0.156. The summed E-state index contributed by atoms with van der Waals surface area (Å²) in [7, 11) is 1.91. The summed E-state index contributed by atoms with van der Waals surface area (Å²) in [6.45, 7) is 2.03. The van der Waals surface area contributed by atoms with Crippen LogP contribution in [-0.4, -0.2) is 29.8 Å². The summed E-state index contributed by atoms with van der Waals surface area (Å²) in [6.07, 6.45) is 9.05. The second-order valence-corrected chi connectivity index (χ2v) is 7.91. The Balaban J connectivity index is 1.67. The van der Waals surface area contributed by atoms with Crippen molar-refractivity contribution in [1.82, 2.24) is 4.90 Å². The van der Waals surface area contributed by atoms with E-state index in [1.54, 1.807) is 0 Å². The van der Waals surface area contributed by atoms with E-state index >= 15 is 0 Å². The third kappa shape index (κ3) is 2.53. The quantitative estimate of drug-likeness (QED) is 0.721. The Morgan fingerprint density at radius 1 is 1.21 bits per heavy atom. The standard InChI is InChI=1S/C16H26ClNO/c1-11(10-17)18(2)15(19)9-16-6-12-3-13(7-16)5-14(4-12)8-16/h11-14H,3-10H2,1-2H3. The van der Waals surface area contributed by atoms with Gasteiger partial charge in [0.25, 0.3) is 0 Å². The second-order valence-electron chi connectivity index (χ2n) is 7.60. The molecule has 0 saturated heterocycles. The third-order valence-electron chi connectivity index (χ3n) is 5.97. The summed E-state index contributed by atoms with van der Waals surface area (Å²) in [5, 5.41) is 0. The Morgan fingerprint density at radius 2 is 1.68 bits per heavy atom. The molecule has 108 valence electrons. The highest BCUT2D eigenvalue weighted by molar-refractivity contribution is 6.18. The van der Waals surface area contributed by atoms with Gasteiger partial charge in [0.15, 0.2) is 0 Å².